The van der Waals surface area contributed by atoms with Crippen molar-refractivity contribution in [2.24, 2.45) is 0 Å². The molecular weight excluding hydrogens is 238 g/mol. The van der Waals surface area contributed by atoms with Gasteiger partial charge < -0.3 is 10.6 Å². The molecule has 0 spiro atoms. The average Bonchev–Trinajstić information content (AvgIpc) is 2.37. The van der Waals surface area contributed by atoms with E-state index in [1.807, 2.05) is 7.05 Å². The molecule has 4 heteroatoms. The summed E-state index contributed by atoms with van der Waals surface area (Å²) in [6, 6.07) is 0.566. The third kappa shape index (κ3) is 5.91. The lowest BCUT2D eigenvalue weighted by Gasteiger charge is -2.36. The Morgan fingerprint density at radius 3 is 2.74 bits per heavy atom. The van der Waals surface area contributed by atoms with Crippen LogP contribution in [0.3, 0.4) is 0 Å². The lowest BCUT2D eigenvalue weighted by atomic mass is 9.98. The van der Waals surface area contributed by atoms with Crippen LogP contribution in [0.5, 0.6) is 0 Å². The highest BCUT2D eigenvalue weighted by molar-refractivity contribution is 5.78. The van der Waals surface area contributed by atoms with E-state index < -0.39 is 0 Å². The van der Waals surface area contributed by atoms with Crippen molar-refractivity contribution in [3.8, 4) is 0 Å². The Morgan fingerprint density at radius 1 is 1.37 bits per heavy atom. The molecule has 1 saturated heterocycles. The van der Waals surface area contributed by atoms with Gasteiger partial charge >= 0.3 is 0 Å². The summed E-state index contributed by atoms with van der Waals surface area (Å²) in [4.78, 5) is 14.5. The lowest BCUT2D eigenvalue weighted by Crippen LogP contribution is -2.50. The second-order valence-electron chi connectivity index (χ2n) is 6.30. The van der Waals surface area contributed by atoms with Crippen LogP contribution in [-0.2, 0) is 4.79 Å². The van der Waals surface area contributed by atoms with Crippen LogP contribution in [-0.4, -0.2) is 49.1 Å². The second-order valence-corrected chi connectivity index (χ2v) is 6.30. The molecule has 1 heterocycles. The molecule has 0 radical (unpaired) electrons. The van der Waals surface area contributed by atoms with E-state index in [1.165, 1.54) is 19.3 Å². The summed E-state index contributed by atoms with van der Waals surface area (Å²) in [6.07, 6.45) is 5.85. The van der Waals surface area contributed by atoms with E-state index in [-0.39, 0.29) is 11.4 Å². The first kappa shape index (κ1) is 16.4. The first-order valence-electron chi connectivity index (χ1n) is 7.68. The number of nitrogens with one attached hydrogen (secondary N) is 2. The van der Waals surface area contributed by atoms with E-state index in [4.69, 9.17) is 0 Å². The maximum absolute atomic E-state index is 12.1. The van der Waals surface area contributed by atoms with Gasteiger partial charge in [0.15, 0.2) is 0 Å². The van der Waals surface area contributed by atoms with E-state index >= 15 is 0 Å². The Hall–Kier alpha value is -0.610. The summed E-state index contributed by atoms with van der Waals surface area (Å²) >= 11 is 0. The largest absolute Gasteiger partial charge is 0.350 e. The van der Waals surface area contributed by atoms with Gasteiger partial charge in [-0.05, 0) is 59.7 Å². The summed E-state index contributed by atoms with van der Waals surface area (Å²) in [7, 11) is 1.99. The zero-order chi connectivity index (χ0) is 14.3. The van der Waals surface area contributed by atoms with Crippen molar-refractivity contribution < 1.29 is 4.79 Å². The van der Waals surface area contributed by atoms with Gasteiger partial charge in [0.05, 0.1) is 6.54 Å². The van der Waals surface area contributed by atoms with Gasteiger partial charge in [-0.2, -0.15) is 0 Å². The predicted octanol–water partition coefficient (Wildman–Crippen LogP) is 1.76. The number of carbonyl (C=O) groups is 1. The third-order valence-corrected chi connectivity index (χ3v) is 4.19. The molecule has 2 N–H and O–H groups in total. The van der Waals surface area contributed by atoms with Crippen molar-refractivity contribution in [1.29, 1.82) is 0 Å². The fourth-order valence-electron chi connectivity index (χ4n) is 2.60. The summed E-state index contributed by atoms with van der Waals surface area (Å²) in [6.45, 7) is 8.92. The Balaban J connectivity index is 2.45. The van der Waals surface area contributed by atoms with Crippen molar-refractivity contribution in [3.05, 3.63) is 0 Å². The number of hydrogen-bond donors (Lipinski definition) is 2. The highest BCUT2D eigenvalue weighted by atomic mass is 16.2. The number of amides is 1. The Kier molecular flexibility index (Phi) is 6.80. The van der Waals surface area contributed by atoms with Crippen LogP contribution in [0.2, 0.25) is 0 Å². The van der Waals surface area contributed by atoms with Gasteiger partial charge in [0.2, 0.25) is 5.91 Å². The van der Waals surface area contributed by atoms with Crippen LogP contribution < -0.4 is 10.6 Å². The zero-order valence-electron chi connectivity index (χ0n) is 13.1. The highest BCUT2D eigenvalue weighted by Gasteiger charge is 2.25. The lowest BCUT2D eigenvalue weighted by molar-refractivity contribution is -0.124. The van der Waals surface area contributed by atoms with Crippen molar-refractivity contribution in [2.75, 3.05) is 26.7 Å². The molecule has 1 unspecified atom stereocenters. The first-order valence-corrected chi connectivity index (χ1v) is 7.68. The van der Waals surface area contributed by atoms with E-state index in [1.54, 1.807) is 0 Å². The molecule has 1 atom stereocenters. The molecule has 0 aromatic carbocycles. The SMILES string of the molecule is CCC(C)(C)NC(=O)CN1CCCCC1CCNC. The molecule has 1 amide bonds. The molecule has 1 fully saturated rings. The number of nitrogens with zero attached hydrogens (tertiary/aromatic N) is 1. The smallest absolute Gasteiger partial charge is 0.234 e. The molecule has 19 heavy (non-hydrogen) atoms. The van der Waals surface area contributed by atoms with Gasteiger partial charge in [-0.1, -0.05) is 13.3 Å². The molecule has 1 aliphatic rings. The van der Waals surface area contributed by atoms with Gasteiger partial charge in [0.25, 0.3) is 0 Å². The number of likely N-dealkylation sites (tertiary alicyclic amines) is 1. The van der Waals surface area contributed by atoms with E-state index in [0.29, 0.717) is 12.6 Å². The summed E-state index contributed by atoms with van der Waals surface area (Å²) in [5.41, 5.74) is -0.0899. The summed E-state index contributed by atoms with van der Waals surface area (Å²) in [5, 5.41) is 6.34. The van der Waals surface area contributed by atoms with E-state index in [2.05, 4.69) is 36.3 Å². The monoisotopic (exact) mass is 269 g/mol. The Bertz CT molecular complexity index is 279. The molecular formula is C15H31N3O. The fourth-order valence-corrected chi connectivity index (χ4v) is 2.60. The summed E-state index contributed by atoms with van der Waals surface area (Å²) < 4.78 is 0. The van der Waals surface area contributed by atoms with Crippen LogP contribution in [0.15, 0.2) is 0 Å². The van der Waals surface area contributed by atoms with Crippen LogP contribution in [0.4, 0.5) is 0 Å². The quantitative estimate of drug-likeness (QED) is 0.740. The van der Waals surface area contributed by atoms with Crippen LogP contribution in [0, 0.1) is 0 Å². The minimum atomic E-state index is -0.0899. The van der Waals surface area contributed by atoms with Crippen molar-refractivity contribution in [1.82, 2.24) is 15.5 Å². The Labute approximate surface area is 118 Å². The number of rotatable bonds is 7. The van der Waals surface area contributed by atoms with Gasteiger partial charge in [-0.25, -0.2) is 0 Å². The van der Waals surface area contributed by atoms with Crippen LogP contribution in [0.1, 0.15) is 52.9 Å². The van der Waals surface area contributed by atoms with Gasteiger partial charge in [-0.15, -0.1) is 0 Å². The molecule has 0 bridgehead atoms. The molecule has 112 valence electrons. The molecule has 0 aliphatic carbocycles. The van der Waals surface area contributed by atoms with Gasteiger partial charge in [-0.3, -0.25) is 9.69 Å². The molecule has 4 nitrogen and oxygen atoms in total. The maximum atomic E-state index is 12.1. The van der Waals surface area contributed by atoms with E-state index in [9.17, 15) is 4.79 Å². The van der Waals surface area contributed by atoms with Gasteiger partial charge in [0, 0.05) is 11.6 Å². The normalized spacial score (nSPS) is 21.4. The third-order valence-electron chi connectivity index (χ3n) is 4.19. The van der Waals surface area contributed by atoms with Crippen molar-refractivity contribution in [2.45, 2.75) is 64.5 Å². The molecule has 1 aliphatic heterocycles. The topological polar surface area (TPSA) is 44.4 Å². The van der Waals surface area contributed by atoms with Gasteiger partial charge in [0.1, 0.15) is 0 Å². The number of carbonyl (C=O) groups excluding carboxylic acids is 1. The zero-order valence-corrected chi connectivity index (χ0v) is 13.1. The fraction of sp³-hybridized carbons (Fsp3) is 0.933. The highest BCUT2D eigenvalue weighted by Crippen LogP contribution is 2.19. The molecule has 0 aromatic heterocycles. The minimum absolute atomic E-state index is 0.0899. The average molecular weight is 269 g/mol. The number of hydrogen-bond acceptors (Lipinski definition) is 3. The molecule has 0 saturated carbocycles. The van der Waals surface area contributed by atoms with Crippen LogP contribution >= 0.6 is 0 Å². The first-order chi connectivity index (χ1) is 8.98. The second kappa shape index (κ2) is 7.85. The Morgan fingerprint density at radius 2 is 2.11 bits per heavy atom. The molecule has 0 aromatic rings. The van der Waals surface area contributed by atoms with Crippen LogP contribution in [0.25, 0.3) is 0 Å². The predicted molar refractivity (Wildman–Crippen MR) is 80.3 cm³/mol. The summed E-state index contributed by atoms with van der Waals surface area (Å²) in [5.74, 6) is 0.170. The molecule has 1 rings (SSSR count). The minimum Gasteiger partial charge on any atom is -0.350 e. The van der Waals surface area contributed by atoms with E-state index in [0.717, 1.165) is 25.9 Å². The maximum Gasteiger partial charge on any atom is 0.234 e. The number of piperidine rings is 1. The van der Waals surface area contributed by atoms with Crippen molar-refractivity contribution in [3.63, 3.8) is 0 Å². The van der Waals surface area contributed by atoms with Crippen molar-refractivity contribution >= 4 is 5.91 Å². The standard InChI is InChI=1S/C15H31N3O/c1-5-15(2,3)17-14(19)12-18-11-7-6-8-13(18)9-10-16-4/h13,16H,5-12H2,1-4H3,(H,17,19).